The Morgan fingerprint density at radius 2 is 1.59 bits per heavy atom. The lowest BCUT2D eigenvalue weighted by atomic mass is 10.2. The van der Waals surface area contributed by atoms with E-state index in [2.05, 4.69) is 29.3 Å². The van der Waals surface area contributed by atoms with Crippen molar-refractivity contribution in [3.63, 3.8) is 0 Å². The zero-order chi connectivity index (χ0) is 16.4. The third-order valence-corrected chi connectivity index (χ3v) is 4.73. The molecule has 0 amide bonds. The molecule has 5 nitrogen and oxygen atoms in total. The molecule has 0 aromatic heterocycles. The van der Waals surface area contributed by atoms with E-state index in [-0.39, 0.29) is 0 Å². The van der Waals surface area contributed by atoms with Gasteiger partial charge in [-0.25, -0.2) is 10.2 Å². The van der Waals surface area contributed by atoms with Crippen molar-refractivity contribution in [3.8, 4) is 0 Å². The van der Waals surface area contributed by atoms with Crippen molar-refractivity contribution in [3.05, 3.63) is 29.8 Å². The summed E-state index contributed by atoms with van der Waals surface area (Å²) in [4.78, 5) is 0. The maximum atomic E-state index is 12.7. The third-order valence-electron chi connectivity index (χ3n) is 2.96. The summed E-state index contributed by atoms with van der Waals surface area (Å²) >= 11 is 0. The van der Waals surface area contributed by atoms with E-state index in [0.717, 1.165) is 24.1 Å². The van der Waals surface area contributed by atoms with Gasteiger partial charge in [0, 0.05) is 24.8 Å². The molecule has 1 aromatic rings. The van der Waals surface area contributed by atoms with Crippen molar-refractivity contribution >= 4 is 13.4 Å². The van der Waals surface area contributed by atoms with Crippen molar-refractivity contribution in [2.45, 2.75) is 53.2 Å². The van der Waals surface area contributed by atoms with Gasteiger partial charge in [-0.15, -0.1) is 0 Å². The average molecular weight is 327 g/mol. The van der Waals surface area contributed by atoms with Crippen molar-refractivity contribution < 1.29 is 9.09 Å². The second-order valence-corrected chi connectivity index (χ2v) is 7.63. The van der Waals surface area contributed by atoms with Crippen molar-refractivity contribution in [1.29, 1.82) is 0 Å². The van der Waals surface area contributed by atoms with Gasteiger partial charge in [-0.3, -0.25) is 4.57 Å². The fourth-order valence-electron chi connectivity index (χ4n) is 1.86. The van der Waals surface area contributed by atoms with Gasteiger partial charge in [0.2, 0.25) is 0 Å². The van der Waals surface area contributed by atoms with Crippen LogP contribution in [0.25, 0.3) is 0 Å². The maximum Gasteiger partial charge on any atom is 0.341 e. The molecule has 1 rings (SSSR count). The molecule has 0 heterocycles. The summed E-state index contributed by atoms with van der Waals surface area (Å²) in [5.74, 6) is 0. The molecule has 3 N–H and O–H groups in total. The van der Waals surface area contributed by atoms with E-state index in [1.807, 2.05) is 38.1 Å². The zero-order valence-corrected chi connectivity index (χ0v) is 15.1. The Kier molecular flexibility index (Phi) is 8.72. The van der Waals surface area contributed by atoms with Crippen LogP contribution < -0.4 is 15.5 Å². The van der Waals surface area contributed by atoms with Gasteiger partial charge in [-0.2, -0.15) is 0 Å². The first-order chi connectivity index (χ1) is 10.5. The van der Waals surface area contributed by atoms with Crippen LogP contribution in [-0.4, -0.2) is 19.1 Å². The van der Waals surface area contributed by atoms with E-state index in [9.17, 15) is 4.57 Å². The highest BCUT2D eigenvalue weighted by atomic mass is 31.2. The summed E-state index contributed by atoms with van der Waals surface area (Å²) in [6.07, 6.45) is 1.83. The smallest absolute Gasteiger partial charge is 0.341 e. The monoisotopic (exact) mass is 327 g/mol. The highest BCUT2D eigenvalue weighted by Crippen LogP contribution is 2.38. The van der Waals surface area contributed by atoms with Crippen molar-refractivity contribution in [2.75, 3.05) is 18.4 Å². The first-order valence-corrected chi connectivity index (χ1v) is 9.72. The molecule has 0 unspecified atom stereocenters. The van der Waals surface area contributed by atoms with Crippen LogP contribution in [0.2, 0.25) is 0 Å². The summed E-state index contributed by atoms with van der Waals surface area (Å²) in [6.45, 7) is 9.95. The van der Waals surface area contributed by atoms with E-state index in [1.54, 1.807) is 0 Å². The van der Waals surface area contributed by atoms with E-state index < -0.39 is 7.67 Å². The van der Waals surface area contributed by atoms with Gasteiger partial charge in [0.1, 0.15) is 0 Å². The molecule has 0 spiro atoms. The summed E-state index contributed by atoms with van der Waals surface area (Å²) in [5, 5.41) is 9.34. The van der Waals surface area contributed by atoms with Crippen LogP contribution in [-0.2, 0) is 15.7 Å². The number of benzene rings is 1. The van der Waals surface area contributed by atoms with Crippen LogP contribution in [0.15, 0.2) is 24.3 Å². The minimum absolute atomic E-state index is 0.326. The Hall–Kier alpha value is -0.870. The van der Waals surface area contributed by atoms with E-state index in [1.165, 1.54) is 0 Å². The first-order valence-electron chi connectivity index (χ1n) is 8.09. The normalized spacial score (nSPS) is 11.9. The fraction of sp³-hybridized carbons (Fsp3) is 0.625. The van der Waals surface area contributed by atoms with Gasteiger partial charge in [-0.1, -0.05) is 26.0 Å². The Balaban J connectivity index is 2.58. The van der Waals surface area contributed by atoms with Crippen molar-refractivity contribution in [1.82, 2.24) is 10.2 Å². The molecule has 0 saturated heterocycles. The molecular weight excluding hydrogens is 297 g/mol. The molecule has 0 fully saturated rings. The summed E-state index contributed by atoms with van der Waals surface area (Å²) in [7, 11) is -2.97. The molecular formula is C16H30N3O2P. The van der Waals surface area contributed by atoms with Gasteiger partial charge in [0.05, 0.1) is 6.61 Å². The van der Waals surface area contributed by atoms with Crippen LogP contribution >= 0.6 is 7.67 Å². The molecule has 0 saturated carbocycles. The lowest BCUT2D eigenvalue weighted by Gasteiger charge is -2.20. The number of hydrogen-bond donors (Lipinski definition) is 3. The first kappa shape index (κ1) is 19.2. The highest BCUT2D eigenvalue weighted by Gasteiger charge is 2.21. The van der Waals surface area contributed by atoms with Gasteiger partial charge in [0.25, 0.3) is 0 Å². The quantitative estimate of drug-likeness (QED) is 0.533. The average Bonchev–Trinajstić information content (AvgIpc) is 2.50. The Bertz CT molecular complexity index is 451. The second-order valence-electron chi connectivity index (χ2n) is 5.64. The molecule has 6 heteroatoms. The van der Waals surface area contributed by atoms with Crippen LogP contribution in [0, 0.1) is 0 Å². The van der Waals surface area contributed by atoms with Gasteiger partial charge >= 0.3 is 7.67 Å². The maximum absolute atomic E-state index is 12.7. The number of rotatable bonds is 11. The Morgan fingerprint density at radius 1 is 1.05 bits per heavy atom. The Labute approximate surface area is 134 Å². The minimum Gasteiger partial charge on any atom is -0.383 e. The molecule has 0 aliphatic heterocycles. The van der Waals surface area contributed by atoms with E-state index in [4.69, 9.17) is 4.52 Å². The van der Waals surface area contributed by atoms with Crippen LogP contribution in [0.3, 0.4) is 0 Å². The number of hydrogen-bond acceptors (Lipinski definition) is 3. The van der Waals surface area contributed by atoms with Gasteiger partial charge in [-0.05, 0) is 44.4 Å². The minimum atomic E-state index is -2.97. The topological polar surface area (TPSA) is 62.4 Å². The predicted molar refractivity (Wildman–Crippen MR) is 94.2 cm³/mol. The molecule has 0 aliphatic rings. The molecule has 126 valence electrons. The molecule has 0 radical (unpaired) electrons. The van der Waals surface area contributed by atoms with Gasteiger partial charge in [0.15, 0.2) is 0 Å². The van der Waals surface area contributed by atoms with Crippen LogP contribution in [0.5, 0.6) is 0 Å². The van der Waals surface area contributed by atoms with Gasteiger partial charge < -0.3 is 9.84 Å². The second kappa shape index (κ2) is 10.0. The third kappa shape index (κ3) is 7.41. The number of anilines is 1. The lowest BCUT2D eigenvalue weighted by Crippen LogP contribution is -2.25. The molecule has 1 aromatic carbocycles. The van der Waals surface area contributed by atoms with Crippen LogP contribution in [0.1, 0.15) is 46.1 Å². The van der Waals surface area contributed by atoms with E-state index >= 15 is 0 Å². The highest BCUT2D eigenvalue weighted by molar-refractivity contribution is 7.54. The standard InChI is InChI=1S/C16H30N3O2P/c1-5-11-17-22(20,18-12-6-2)21-13-15-7-9-16(10-8-15)19-14(3)4/h7-10,14,19H,5-6,11-13H2,1-4H3,(H2,17,18,20). The SMILES string of the molecule is CCCNP(=O)(NCCC)OCc1ccc(NC(C)C)cc1. The number of nitrogens with one attached hydrogen (secondary N) is 3. The summed E-state index contributed by atoms with van der Waals surface area (Å²) in [5.41, 5.74) is 2.08. The largest absolute Gasteiger partial charge is 0.383 e. The summed E-state index contributed by atoms with van der Waals surface area (Å²) in [6, 6.07) is 8.42. The zero-order valence-electron chi connectivity index (χ0n) is 14.2. The molecule has 0 aliphatic carbocycles. The predicted octanol–water partition coefficient (Wildman–Crippen LogP) is 4.13. The van der Waals surface area contributed by atoms with E-state index in [0.29, 0.717) is 25.7 Å². The Morgan fingerprint density at radius 3 is 2.05 bits per heavy atom. The van der Waals surface area contributed by atoms with Crippen LogP contribution in [0.4, 0.5) is 5.69 Å². The van der Waals surface area contributed by atoms with Crippen molar-refractivity contribution in [2.24, 2.45) is 0 Å². The summed E-state index contributed by atoms with van der Waals surface area (Å²) < 4.78 is 18.3. The molecule has 22 heavy (non-hydrogen) atoms. The molecule has 0 bridgehead atoms. The lowest BCUT2D eigenvalue weighted by molar-refractivity contribution is 0.287. The fourth-order valence-corrected chi connectivity index (χ4v) is 3.52. The molecule has 0 atom stereocenters.